The highest BCUT2D eigenvalue weighted by Gasteiger charge is 2.20. The molecule has 0 aliphatic rings. The minimum Gasteiger partial charge on any atom is -0.466 e. The molecular formula is C15H13N3O2S. The van der Waals surface area contributed by atoms with Gasteiger partial charge in [0.25, 0.3) is 5.91 Å². The molecule has 3 aromatic rings. The fourth-order valence-corrected chi connectivity index (χ4v) is 2.56. The first-order valence-electron chi connectivity index (χ1n) is 6.35. The molecule has 0 spiro atoms. The third-order valence-electron chi connectivity index (χ3n) is 3.00. The largest absolute Gasteiger partial charge is 0.466 e. The lowest BCUT2D eigenvalue weighted by Gasteiger charge is -2.03. The molecule has 0 bridgehead atoms. The Morgan fingerprint density at radius 1 is 1.24 bits per heavy atom. The first kappa shape index (κ1) is 13.5. The number of thiophene rings is 1. The second-order valence-corrected chi connectivity index (χ2v) is 5.43. The maximum Gasteiger partial charge on any atom is 0.336 e. The quantitative estimate of drug-likeness (QED) is 0.746. The van der Waals surface area contributed by atoms with E-state index in [1.165, 1.54) is 23.1 Å². The second kappa shape index (κ2) is 5.49. The van der Waals surface area contributed by atoms with Crippen LogP contribution in [0.3, 0.4) is 0 Å². The fourth-order valence-electron chi connectivity index (χ4n) is 1.92. The van der Waals surface area contributed by atoms with Crippen molar-refractivity contribution in [3.05, 3.63) is 52.2 Å². The third kappa shape index (κ3) is 2.57. The SMILES string of the molecule is COc1nc(-c2ccc(C)cc2)n(C(=O)c2cccs2)n1. The van der Waals surface area contributed by atoms with Gasteiger partial charge in [-0.15, -0.1) is 16.4 Å². The van der Waals surface area contributed by atoms with Crippen LogP contribution >= 0.6 is 11.3 Å². The lowest BCUT2D eigenvalue weighted by atomic mass is 10.1. The van der Waals surface area contributed by atoms with Crippen molar-refractivity contribution in [2.24, 2.45) is 0 Å². The number of hydrogen-bond donors (Lipinski definition) is 0. The summed E-state index contributed by atoms with van der Waals surface area (Å²) in [6.07, 6.45) is 0. The molecule has 0 radical (unpaired) electrons. The van der Waals surface area contributed by atoms with Crippen molar-refractivity contribution in [2.45, 2.75) is 6.92 Å². The number of rotatable bonds is 3. The Bertz CT molecular complexity index is 761. The summed E-state index contributed by atoms with van der Waals surface area (Å²) in [4.78, 5) is 17.4. The van der Waals surface area contributed by atoms with Crippen molar-refractivity contribution in [3.8, 4) is 17.4 Å². The van der Waals surface area contributed by atoms with E-state index in [-0.39, 0.29) is 11.9 Å². The summed E-state index contributed by atoms with van der Waals surface area (Å²) >= 11 is 1.37. The van der Waals surface area contributed by atoms with Crippen LogP contribution in [-0.4, -0.2) is 27.8 Å². The van der Waals surface area contributed by atoms with Crippen LogP contribution in [0.15, 0.2) is 41.8 Å². The van der Waals surface area contributed by atoms with Crippen LogP contribution in [0.5, 0.6) is 6.01 Å². The molecule has 3 rings (SSSR count). The highest BCUT2D eigenvalue weighted by atomic mass is 32.1. The van der Waals surface area contributed by atoms with E-state index in [1.54, 1.807) is 6.07 Å². The van der Waals surface area contributed by atoms with Gasteiger partial charge in [-0.25, -0.2) is 0 Å². The van der Waals surface area contributed by atoms with Gasteiger partial charge in [-0.2, -0.15) is 9.67 Å². The molecule has 0 aliphatic heterocycles. The molecular weight excluding hydrogens is 286 g/mol. The number of nitrogens with zero attached hydrogens (tertiary/aromatic N) is 3. The highest BCUT2D eigenvalue weighted by molar-refractivity contribution is 7.12. The Labute approximate surface area is 125 Å². The Kier molecular flexibility index (Phi) is 3.53. The third-order valence-corrected chi connectivity index (χ3v) is 3.86. The Morgan fingerprint density at radius 3 is 2.62 bits per heavy atom. The second-order valence-electron chi connectivity index (χ2n) is 4.48. The molecule has 0 atom stereocenters. The summed E-state index contributed by atoms with van der Waals surface area (Å²) < 4.78 is 6.34. The lowest BCUT2D eigenvalue weighted by Crippen LogP contribution is -2.13. The number of ether oxygens (including phenoxy) is 1. The summed E-state index contributed by atoms with van der Waals surface area (Å²) in [6.45, 7) is 2.01. The average molecular weight is 299 g/mol. The number of benzene rings is 1. The molecule has 2 aromatic heterocycles. The topological polar surface area (TPSA) is 57.0 Å². The van der Waals surface area contributed by atoms with E-state index in [2.05, 4.69) is 10.1 Å². The van der Waals surface area contributed by atoms with E-state index in [4.69, 9.17) is 4.74 Å². The normalized spacial score (nSPS) is 10.6. The maximum absolute atomic E-state index is 12.5. The van der Waals surface area contributed by atoms with Gasteiger partial charge in [0.2, 0.25) is 0 Å². The van der Waals surface area contributed by atoms with Crippen LogP contribution in [0.1, 0.15) is 15.2 Å². The maximum atomic E-state index is 12.5. The van der Waals surface area contributed by atoms with Crippen LogP contribution in [0.2, 0.25) is 0 Å². The molecule has 0 amide bonds. The number of aromatic nitrogens is 3. The molecule has 0 saturated carbocycles. The smallest absolute Gasteiger partial charge is 0.336 e. The van der Waals surface area contributed by atoms with E-state index in [0.717, 1.165) is 11.1 Å². The van der Waals surface area contributed by atoms with Crippen LogP contribution < -0.4 is 4.74 Å². The minimum atomic E-state index is -0.212. The zero-order chi connectivity index (χ0) is 14.8. The van der Waals surface area contributed by atoms with Gasteiger partial charge in [-0.05, 0) is 18.4 Å². The molecule has 2 heterocycles. The molecule has 5 nitrogen and oxygen atoms in total. The molecule has 0 N–H and O–H groups in total. The predicted octanol–water partition coefficient (Wildman–Crippen LogP) is 3.01. The van der Waals surface area contributed by atoms with E-state index in [9.17, 15) is 4.79 Å². The molecule has 0 unspecified atom stereocenters. The van der Waals surface area contributed by atoms with Gasteiger partial charge in [0, 0.05) is 5.56 Å². The van der Waals surface area contributed by atoms with Crippen LogP contribution in [-0.2, 0) is 0 Å². The number of carbonyl (C=O) groups is 1. The fraction of sp³-hybridized carbons (Fsp3) is 0.133. The minimum absolute atomic E-state index is 0.176. The summed E-state index contributed by atoms with van der Waals surface area (Å²) in [5, 5.41) is 5.98. The Balaban J connectivity index is 2.10. The first-order chi connectivity index (χ1) is 10.2. The number of methoxy groups -OCH3 is 1. The summed E-state index contributed by atoms with van der Waals surface area (Å²) in [5.74, 6) is 0.265. The van der Waals surface area contributed by atoms with Crippen molar-refractivity contribution in [2.75, 3.05) is 7.11 Å². The monoisotopic (exact) mass is 299 g/mol. The molecule has 0 fully saturated rings. The van der Waals surface area contributed by atoms with E-state index >= 15 is 0 Å². The van der Waals surface area contributed by atoms with E-state index in [1.807, 2.05) is 42.6 Å². The summed E-state index contributed by atoms with van der Waals surface area (Å²) in [5.41, 5.74) is 1.96. The van der Waals surface area contributed by atoms with Gasteiger partial charge in [-0.3, -0.25) is 4.79 Å². The molecule has 0 saturated heterocycles. The van der Waals surface area contributed by atoms with E-state index < -0.39 is 0 Å². The molecule has 1 aromatic carbocycles. The van der Waals surface area contributed by atoms with Crippen molar-refractivity contribution in [1.82, 2.24) is 14.8 Å². The molecule has 0 aliphatic carbocycles. The number of carbonyl (C=O) groups excluding carboxylic acids is 1. The van der Waals surface area contributed by atoms with Crippen molar-refractivity contribution in [1.29, 1.82) is 0 Å². The summed E-state index contributed by atoms with van der Waals surface area (Å²) in [7, 11) is 1.48. The summed E-state index contributed by atoms with van der Waals surface area (Å²) in [6, 6.07) is 11.5. The number of aryl methyl sites for hydroxylation is 1. The van der Waals surface area contributed by atoms with Gasteiger partial charge in [0.15, 0.2) is 5.82 Å². The van der Waals surface area contributed by atoms with Gasteiger partial charge < -0.3 is 4.74 Å². The molecule has 6 heteroatoms. The van der Waals surface area contributed by atoms with Gasteiger partial charge in [0.1, 0.15) is 0 Å². The molecule has 106 valence electrons. The highest BCUT2D eigenvalue weighted by Crippen LogP contribution is 2.22. The standard InChI is InChI=1S/C15H13N3O2S/c1-10-5-7-11(8-6-10)13-16-15(20-2)17-18(13)14(19)12-4-3-9-21-12/h3-9H,1-2H3. The van der Waals surface area contributed by atoms with E-state index in [0.29, 0.717) is 10.7 Å². The van der Waals surface area contributed by atoms with Crippen molar-refractivity contribution in [3.63, 3.8) is 0 Å². The van der Waals surface area contributed by atoms with Gasteiger partial charge in [0.05, 0.1) is 12.0 Å². The molecule has 21 heavy (non-hydrogen) atoms. The van der Waals surface area contributed by atoms with Crippen molar-refractivity contribution >= 4 is 17.2 Å². The van der Waals surface area contributed by atoms with Gasteiger partial charge in [-0.1, -0.05) is 35.9 Å². The van der Waals surface area contributed by atoms with Crippen LogP contribution in [0, 0.1) is 6.92 Å². The number of hydrogen-bond acceptors (Lipinski definition) is 5. The average Bonchev–Trinajstić information content (AvgIpc) is 3.17. The Morgan fingerprint density at radius 2 is 2.00 bits per heavy atom. The lowest BCUT2D eigenvalue weighted by molar-refractivity contribution is 0.0949. The van der Waals surface area contributed by atoms with Crippen molar-refractivity contribution < 1.29 is 9.53 Å². The predicted molar refractivity (Wildman–Crippen MR) is 80.8 cm³/mol. The van der Waals surface area contributed by atoms with Crippen LogP contribution in [0.25, 0.3) is 11.4 Å². The first-order valence-corrected chi connectivity index (χ1v) is 7.23. The van der Waals surface area contributed by atoms with Gasteiger partial charge >= 0.3 is 6.01 Å². The Hall–Kier alpha value is -2.47. The zero-order valence-corrected chi connectivity index (χ0v) is 12.4. The van der Waals surface area contributed by atoms with Crippen LogP contribution in [0.4, 0.5) is 0 Å². The zero-order valence-electron chi connectivity index (χ0n) is 11.6.